The van der Waals surface area contributed by atoms with E-state index in [-0.39, 0.29) is 17.5 Å². The van der Waals surface area contributed by atoms with E-state index >= 15 is 0 Å². The lowest BCUT2D eigenvalue weighted by atomic mass is 9.98. The van der Waals surface area contributed by atoms with E-state index in [2.05, 4.69) is 15.1 Å². The predicted octanol–water partition coefficient (Wildman–Crippen LogP) is 2.78. The van der Waals surface area contributed by atoms with E-state index in [1.54, 1.807) is 9.42 Å². The Morgan fingerprint density at radius 2 is 1.96 bits per heavy atom. The Morgan fingerprint density at radius 3 is 2.76 bits per heavy atom. The molecule has 0 saturated carbocycles. The second kappa shape index (κ2) is 5.61. The maximum absolute atomic E-state index is 13.7. The number of aromatic nitrogens is 4. The van der Waals surface area contributed by atoms with Crippen molar-refractivity contribution in [2.45, 2.75) is 33.6 Å². The average Bonchev–Trinajstić information content (AvgIpc) is 2.97. The van der Waals surface area contributed by atoms with Gasteiger partial charge in [-0.25, -0.2) is 13.9 Å². The van der Waals surface area contributed by atoms with E-state index in [1.807, 2.05) is 26.8 Å². The molecule has 3 aromatic rings. The van der Waals surface area contributed by atoms with Gasteiger partial charge in [0.15, 0.2) is 0 Å². The van der Waals surface area contributed by atoms with Crippen LogP contribution in [0.5, 0.6) is 0 Å². The molecule has 1 aromatic carbocycles. The van der Waals surface area contributed by atoms with Gasteiger partial charge < -0.3 is 4.90 Å². The first-order valence-corrected chi connectivity index (χ1v) is 8.26. The van der Waals surface area contributed by atoms with Gasteiger partial charge in [-0.2, -0.15) is 4.98 Å². The van der Waals surface area contributed by atoms with Crippen molar-refractivity contribution in [3.05, 3.63) is 52.4 Å². The molecule has 128 valence electrons. The number of carbonyl (C=O) groups is 1. The molecule has 1 aliphatic heterocycles. The first-order chi connectivity index (χ1) is 11.9. The van der Waals surface area contributed by atoms with Gasteiger partial charge in [-0.1, -0.05) is 0 Å². The molecule has 0 unspecified atom stereocenters. The van der Waals surface area contributed by atoms with Crippen LogP contribution in [0.3, 0.4) is 0 Å². The SMILES string of the molecule is Cc1cc(C)n2nc(C(=O)N3CCCc4cc(F)cc(C)c43)nc2n1. The number of aryl methyl sites for hydroxylation is 4. The van der Waals surface area contributed by atoms with Crippen LogP contribution in [0.2, 0.25) is 0 Å². The van der Waals surface area contributed by atoms with E-state index in [4.69, 9.17) is 0 Å². The molecular weight excluding hydrogens is 321 g/mol. The number of hydrogen-bond acceptors (Lipinski definition) is 4. The smallest absolute Gasteiger partial charge is 0.298 e. The Morgan fingerprint density at radius 1 is 1.16 bits per heavy atom. The Balaban J connectivity index is 1.79. The minimum absolute atomic E-state index is 0.109. The van der Waals surface area contributed by atoms with Crippen LogP contribution in [0.15, 0.2) is 18.2 Å². The molecule has 3 heterocycles. The first kappa shape index (κ1) is 15.7. The zero-order valence-electron chi connectivity index (χ0n) is 14.4. The largest absolute Gasteiger partial charge is 0.305 e. The summed E-state index contributed by atoms with van der Waals surface area (Å²) in [7, 11) is 0. The van der Waals surface area contributed by atoms with Crippen LogP contribution < -0.4 is 4.90 Å². The van der Waals surface area contributed by atoms with E-state index in [0.717, 1.165) is 41.0 Å². The highest BCUT2D eigenvalue weighted by Crippen LogP contribution is 2.32. The quantitative estimate of drug-likeness (QED) is 0.684. The highest BCUT2D eigenvalue weighted by Gasteiger charge is 2.28. The number of fused-ring (bicyclic) bond motifs is 2. The normalized spacial score (nSPS) is 14.0. The van der Waals surface area contributed by atoms with Crippen molar-refractivity contribution in [2.24, 2.45) is 0 Å². The van der Waals surface area contributed by atoms with Gasteiger partial charge in [0.25, 0.3) is 11.7 Å². The van der Waals surface area contributed by atoms with Gasteiger partial charge in [0, 0.05) is 17.9 Å². The number of hydrogen-bond donors (Lipinski definition) is 0. The maximum atomic E-state index is 13.7. The van der Waals surface area contributed by atoms with Crippen LogP contribution in [0, 0.1) is 26.6 Å². The Labute approximate surface area is 144 Å². The molecule has 1 amide bonds. The highest BCUT2D eigenvalue weighted by atomic mass is 19.1. The fourth-order valence-electron chi connectivity index (χ4n) is 3.50. The van der Waals surface area contributed by atoms with Crippen LogP contribution in [-0.2, 0) is 6.42 Å². The molecule has 7 heteroatoms. The second-order valence-electron chi connectivity index (χ2n) is 6.48. The van der Waals surface area contributed by atoms with Crippen molar-refractivity contribution in [2.75, 3.05) is 11.4 Å². The van der Waals surface area contributed by atoms with Crippen LogP contribution in [0.1, 0.15) is 39.6 Å². The second-order valence-corrected chi connectivity index (χ2v) is 6.48. The zero-order chi connectivity index (χ0) is 17.7. The molecule has 0 spiro atoms. The Bertz CT molecular complexity index is 1010. The van der Waals surface area contributed by atoms with E-state index in [0.29, 0.717) is 12.3 Å². The van der Waals surface area contributed by atoms with Gasteiger partial charge in [0.05, 0.1) is 5.69 Å². The third-order valence-corrected chi connectivity index (χ3v) is 4.50. The van der Waals surface area contributed by atoms with Crippen LogP contribution >= 0.6 is 0 Å². The summed E-state index contributed by atoms with van der Waals surface area (Å²) >= 11 is 0. The minimum Gasteiger partial charge on any atom is -0.305 e. The standard InChI is InChI=1S/C18H18FN5O/c1-10-7-14(19)9-13-5-4-6-23(15(10)13)17(25)16-21-18-20-11(2)8-12(3)24(18)22-16/h7-9H,4-6H2,1-3H3. The van der Waals surface area contributed by atoms with Crippen molar-refractivity contribution in [1.82, 2.24) is 19.6 Å². The summed E-state index contributed by atoms with van der Waals surface area (Å²) in [6, 6.07) is 4.85. The molecule has 6 nitrogen and oxygen atoms in total. The summed E-state index contributed by atoms with van der Waals surface area (Å²) in [5, 5.41) is 4.33. The summed E-state index contributed by atoms with van der Waals surface area (Å²) in [6.07, 6.45) is 1.54. The molecule has 0 saturated heterocycles. The monoisotopic (exact) mass is 339 g/mol. The number of carbonyl (C=O) groups excluding carboxylic acids is 1. The molecule has 0 atom stereocenters. The van der Waals surface area contributed by atoms with Gasteiger partial charge in [0.2, 0.25) is 5.82 Å². The molecule has 0 bridgehead atoms. The minimum atomic E-state index is -0.279. The number of benzene rings is 1. The summed E-state index contributed by atoms with van der Waals surface area (Å²) < 4.78 is 15.3. The third kappa shape index (κ3) is 2.56. The van der Waals surface area contributed by atoms with Gasteiger partial charge in [-0.15, -0.1) is 5.10 Å². The van der Waals surface area contributed by atoms with Gasteiger partial charge in [0.1, 0.15) is 5.82 Å². The lowest BCUT2D eigenvalue weighted by Gasteiger charge is -2.30. The molecule has 4 rings (SSSR count). The van der Waals surface area contributed by atoms with Crippen molar-refractivity contribution >= 4 is 17.4 Å². The van der Waals surface area contributed by atoms with Crippen LogP contribution in [0.4, 0.5) is 10.1 Å². The van der Waals surface area contributed by atoms with Crippen molar-refractivity contribution < 1.29 is 9.18 Å². The fraction of sp³-hybridized carbons (Fsp3) is 0.333. The lowest BCUT2D eigenvalue weighted by molar-refractivity contribution is 0.0975. The molecule has 25 heavy (non-hydrogen) atoms. The van der Waals surface area contributed by atoms with E-state index in [9.17, 15) is 9.18 Å². The van der Waals surface area contributed by atoms with Gasteiger partial charge >= 0.3 is 0 Å². The van der Waals surface area contributed by atoms with Gasteiger partial charge in [-0.05, 0) is 62.9 Å². The Hall–Kier alpha value is -2.83. The number of anilines is 1. The number of halogens is 1. The summed E-state index contributed by atoms with van der Waals surface area (Å²) in [4.78, 5) is 23.3. The molecule has 2 aromatic heterocycles. The van der Waals surface area contributed by atoms with Gasteiger partial charge in [-0.3, -0.25) is 4.79 Å². The summed E-state index contributed by atoms with van der Waals surface area (Å²) in [5.41, 5.74) is 4.07. The molecule has 0 N–H and O–H groups in total. The van der Waals surface area contributed by atoms with Crippen LogP contribution in [0.25, 0.3) is 5.78 Å². The summed E-state index contributed by atoms with van der Waals surface area (Å²) in [6.45, 7) is 6.16. The fourth-order valence-corrected chi connectivity index (χ4v) is 3.50. The lowest BCUT2D eigenvalue weighted by Crippen LogP contribution is -2.36. The molecule has 0 radical (unpaired) electrons. The number of amides is 1. The Kier molecular flexibility index (Phi) is 3.52. The highest BCUT2D eigenvalue weighted by molar-refractivity contribution is 6.05. The van der Waals surface area contributed by atoms with Crippen LogP contribution in [-0.4, -0.2) is 32.0 Å². The topological polar surface area (TPSA) is 63.4 Å². The maximum Gasteiger partial charge on any atom is 0.298 e. The number of nitrogens with zero attached hydrogens (tertiary/aromatic N) is 5. The third-order valence-electron chi connectivity index (χ3n) is 4.50. The molecule has 1 aliphatic rings. The number of rotatable bonds is 1. The van der Waals surface area contributed by atoms with Crippen molar-refractivity contribution in [3.8, 4) is 0 Å². The first-order valence-electron chi connectivity index (χ1n) is 8.26. The molecular formula is C18H18FN5O. The summed E-state index contributed by atoms with van der Waals surface area (Å²) in [5.74, 6) is -0.0309. The molecule has 0 fully saturated rings. The predicted molar refractivity (Wildman–Crippen MR) is 91.4 cm³/mol. The van der Waals surface area contributed by atoms with E-state index < -0.39 is 0 Å². The van der Waals surface area contributed by atoms with Crippen molar-refractivity contribution in [3.63, 3.8) is 0 Å². The average molecular weight is 339 g/mol. The molecule has 0 aliphatic carbocycles. The van der Waals surface area contributed by atoms with E-state index in [1.165, 1.54) is 12.1 Å². The zero-order valence-corrected chi connectivity index (χ0v) is 14.4. The van der Waals surface area contributed by atoms with Crippen molar-refractivity contribution in [1.29, 1.82) is 0 Å².